The fourth-order valence-electron chi connectivity index (χ4n) is 2.67. The van der Waals surface area contributed by atoms with Crippen LogP contribution in [0.5, 0.6) is 0 Å². The second-order valence-corrected chi connectivity index (χ2v) is 5.94. The van der Waals surface area contributed by atoms with Crippen molar-refractivity contribution in [3.05, 3.63) is 66.5 Å². The molecular formula is C21H23N3. The predicted molar refractivity (Wildman–Crippen MR) is 98.5 cm³/mol. The van der Waals surface area contributed by atoms with Crippen LogP contribution < -0.4 is 0 Å². The van der Waals surface area contributed by atoms with Crippen molar-refractivity contribution in [2.75, 3.05) is 0 Å². The summed E-state index contributed by atoms with van der Waals surface area (Å²) in [5.41, 5.74) is 2.07. The van der Waals surface area contributed by atoms with Crippen LogP contribution >= 0.6 is 0 Å². The van der Waals surface area contributed by atoms with Crippen LogP contribution in [0.25, 0.3) is 22.8 Å². The maximum Gasteiger partial charge on any atom is 0.163 e. The van der Waals surface area contributed by atoms with Gasteiger partial charge in [0.05, 0.1) is 0 Å². The first kappa shape index (κ1) is 16.3. The Balaban J connectivity index is 1.93. The third kappa shape index (κ3) is 4.25. The number of nitrogens with zero attached hydrogens (tertiary/aromatic N) is 3. The van der Waals surface area contributed by atoms with Crippen molar-refractivity contribution in [2.24, 2.45) is 0 Å². The van der Waals surface area contributed by atoms with Crippen LogP contribution in [-0.4, -0.2) is 15.0 Å². The fraction of sp³-hybridized carbons (Fsp3) is 0.286. The van der Waals surface area contributed by atoms with Crippen LogP contribution in [0, 0.1) is 0 Å². The van der Waals surface area contributed by atoms with Gasteiger partial charge in [0.2, 0.25) is 0 Å². The molecule has 3 nitrogen and oxygen atoms in total. The topological polar surface area (TPSA) is 38.7 Å². The Morgan fingerprint density at radius 2 is 1.17 bits per heavy atom. The highest BCUT2D eigenvalue weighted by Gasteiger charge is 2.10. The summed E-state index contributed by atoms with van der Waals surface area (Å²) in [4.78, 5) is 14.1. The van der Waals surface area contributed by atoms with Crippen LogP contribution in [0.2, 0.25) is 0 Å². The lowest BCUT2D eigenvalue weighted by molar-refractivity contribution is 0.651. The molecule has 0 atom stereocenters. The summed E-state index contributed by atoms with van der Waals surface area (Å²) in [7, 11) is 0. The van der Waals surface area contributed by atoms with Gasteiger partial charge in [-0.05, 0) is 6.42 Å². The molecule has 3 rings (SSSR count). The lowest BCUT2D eigenvalue weighted by Crippen LogP contribution is -2.03. The Hall–Kier alpha value is -2.55. The van der Waals surface area contributed by atoms with E-state index in [1.165, 1.54) is 19.3 Å². The number of hydrogen-bond acceptors (Lipinski definition) is 3. The molecule has 0 aliphatic rings. The van der Waals surface area contributed by atoms with E-state index in [0.29, 0.717) is 0 Å². The molecule has 24 heavy (non-hydrogen) atoms. The second kappa shape index (κ2) is 8.34. The standard InChI is InChI=1S/C21H23N3/c1-2-3-4-11-16-19-22-20(17-12-7-5-8-13-17)24-21(23-19)18-14-9-6-10-15-18/h5-10,12-15H,2-4,11,16H2,1H3. The summed E-state index contributed by atoms with van der Waals surface area (Å²) in [6.07, 6.45) is 5.76. The number of rotatable bonds is 7. The maximum absolute atomic E-state index is 4.70. The van der Waals surface area contributed by atoms with Gasteiger partial charge in [-0.2, -0.15) is 0 Å². The second-order valence-electron chi connectivity index (χ2n) is 5.94. The number of aryl methyl sites for hydroxylation is 1. The van der Waals surface area contributed by atoms with Gasteiger partial charge in [-0.15, -0.1) is 0 Å². The first-order chi connectivity index (χ1) is 11.9. The smallest absolute Gasteiger partial charge is 0.163 e. The zero-order valence-electron chi connectivity index (χ0n) is 14.2. The largest absolute Gasteiger partial charge is 0.213 e. The predicted octanol–water partition coefficient (Wildman–Crippen LogP) is 5.33. The molecule has 0 aliphatic heterocycles. The summed E-state index contributed by atoms with van der Waals surface area (Å²) in [5, 5.41) is 0. The molecule has 0 saturated carbocycles. The SMILES string of the molecule is CCCCCCc1nc(-c2ccccc2)nc(-c2ccccc2)n1. The Morgan fingerprint density at radius 3 is 1.67 bits per heavy atom. The Bertz CT molecular complexity index is 697. The van der Waals surface area contributed by atoms with Crippen LogP contribution in [0.3, 0.4) is 0 Å². The van der Waals surface area contributed by atoms with Gasteiger partial charge in [0.1, 0.15) is 5.82 Å². The van der Waals surface area contributed by atoms with Crippen molar-refractivity contribution in [3.63, 3.8) is 0 Å². The molecule has 0 aliphatic carbocycles. The van der Waals surface area contributed by atoms with Gasteiger partial charge in [-0.3, -0.25) is 0 Å². The van der Waals surface area contributed by atoms with E-state index < -0.39 is 0 Å². The highest BCUT2D eigenvalue weighted by atomic mass is 15.0. The molecular weight excluding hydrogens is 294 g/mol. The minimum atomic E-state index is 0.759. The van der Waals surface area contributed by atoms with E-state index in [2.05, 4.69) is 6.92 Å². The molecule has 0 radical (unpaired) electrons. The maximum atomic E-state index is 4.70. The van der Waals surface area contributed by atoms with E-state index in [1.54, 1.807) is 0 Å². The van der Waals surface area contributed by atoms with Crippen molar-refractivity contribution >= 4 is 0 Å². The van der Waals surface area contributed by atoms with Gasteiger partial charge in [-0.25, -0.2) is 15.0 Å². The van der Waals surface area contributed by atoms with Crippen molar-refractivity contribution in [1.29, 1.82) is 0 Å². The molecule has 0 fully saturated rings. The van der Waals surface area contributed by atoms with Gasteiger partial charge in [-0.1, -0.05) is 86.8 Å². The van der Waals surface area contributed by atoms with E-state index in [9.17, 15) is 0 Å². The highest BCUT2D eigenvalue weighted by molar-refractivity contribution is 5.60. The zero-order valence-corrected chi connectivity index (χ0v) is 14.2. The number of benzene rings is 2. The van der Waals surface area contributed by atoms with Crippen molar-refractivity contribution in [3.8, 4) is 22.8 Å². The normalized spacial score (nSPS) is 10.7. The quantitative estimate of drug-likeness (QED) is 0.553. The minimum Gasteiger partial charge on any atom is -0.213 e. The van der Waals surface area contributed by atoms with Gasteiger partial charge >= 0.3 is 0 Å². The Morgan fingerprint density at radius 1 is 0.625 bits per heavy atom. The molecule has 122 valence electrons. The number of unbranched alkanes of at least 4 members (excludes halogenated alkanes) is 3. The van der Waals surface area contributed by atoms with Gasteiger partial charge < -0.3 is 0 Å². The number of hydrogen-bond donors (Lipinski definition) is 0. The van der Waals surface area contributed by atoms with Crippen LogP contribution in [0.15, 0.2) is 60.7 Å². The van der Waals surface area contributed by atoms with E-state index in [0.717, 1.165) is 41.4 Å². The van der Waals surface area contributed by atoms with Crippen LogP contribution in [-0.2, 0) is 6.42 Å². The van der Waals surface area contributed by atoms with E-state index in [4.69, 9.17) is 15.0 Å². The molecule has 0 amide bonds. The van der Waals surface area contributed by atoms with Crippen molar-refractivity contribution < 1.29 is 0 Å². The molecule has 1 aromatic heterocycles. The summed E-state index contributed by atoms with van der Waals surface area (Å²) >= 11 is 0. The lowest BCUT2D eigenvalue weighted by Gasteiger charge is -2.08. The first-order valence-electron chi connectivity index (χ1n) is 8.72. The monoisotopic (exact) mass is 317 g/mol. The third-order valence-corrected chi connectivity index (χ3v) is 4.00. The highest BCUT2D eigenvalue weighted by Crippen LogP contribution is 2.20. The summed E-state index contributed by atoms with van der Waals surface area (Å²) in [6, 6.07) is 20.3. The van der Waals surface area contributed by atoms with E-state index in [-0.39, 0.29) is 0 Å². The average molecular weight is 317 g/mol. The molecule has 3 aromatic rings. The zero-order chi connectivity index (χ0) is 16.6. The molecule has 1 heterocycles. The summed E-state index contributed by atoms with van der Waals surface area (Å²) < 4.78 is 0. The van der Waals surface area contributed by atoms with Gasteiger partial charge in [0.15, 0.2) is 11.6 Å². The average Bonchev–Trinajstić information content (AvgIpc) is 2.66. The Kier molecular flexibility index (Phi) is 5.67. The molecule has 3 heteroatoms. The van der Waals surface area contributed by atoms with Crippen LogP contribution in [0.4, 0.5) is 0 Å². The van der Waals surface area contributed by atoms with Crippen molar-refractivity contribution in [1.82, 2.24) is 15.0 Å². The lowest BCUT2D eigenvalue weighted by atomic mass is 10.1. The molecule has 0 N–H and O–H groups in total. The van der Waals surface area contributed by atoms with E-state index >= 15 is 0 Å². The Labute approximate surface area is 143 Å². The first-order valence-corrected chi connectivity index (χ1v) is 8.72. The molecule has 0 bridgehead atoms. The van der Waals surface area contributed by atoms with E-state index in [1.807, 2.05) is 60.7 Å². The van der Waals surface area contributed by atoms with Gasteiger partial charge in [0, 0.05) is 17.5 Å². The molecule has 0 unspecified atom stereocenters. The summed E-state index contributed by atoms with van der Waals surface area (Å²) in [6.45, 7) is 2.23. The van der Waals surface area contributed by atoms with Crippen LogP contribution in [0.1, 0.15) is 38.4 Å². The minimum absolute atomic E-state index is 0.759. The fourth-order valence-corrected chi connectivity index (χ4v) is 2.67. The molecule has 0 saturated heterocycles. The molecule has 0 spiro atoms. The van der Waals surface area contributed by atoms with Crippen molar-refractivity contribution in [2.45, 2.75) is 39.0 Å². The third-order valence-electron chi connectivity index (χ3n) is 4.00. The molecule has 2 aromatic carbocycles. The van der Waals surface area contributed by atoms with Gasteiger partial charge in [0.25, 0.3) is 0 Å². The number of aromatic nitrogens is 3. The summed E-state index contributed by atoms with van der Waals surface area (Å²) in [5.74, 6) is 2.41.